The zero-order chi connectivity index (χ0) is 8.81. The minimum atomic E-state index is 0.198. The van der Waals surface area contributed by atoms with Crippen molar-refractivity contribution in [2.45, 2.75) is 32.6 Å². The number of amides is 1. The van der Waals surface area contributed by atoms with Crippen molar-refractivity contribution in [2.75, 3.05) is 13.1 Å². The number of rotatable bonds is 1. The fraction of sp³-hybridized carbons (Fsp3) is 0.700. The molecule has 0 aromatic heterocycles. The molecular formula is C10H15NO. The van der Waals surface area contributed by atoms with Crippen LogP contribution in [-0.4, -0.2) is 23.9 Å². The summed E-state index contributed by atoms with van der Waals surface area (Å²) in [7, 11) is 0. The van der Waals surface area contributed by atoms with Crippen molar-refractivity contribution in [3.63, 3.8) is 0 Å². The molecule has 0 radical (unpaired) electrons. The van der Waals surface area contributed by atoms with Crippen molar-refractivity contribution < 1.29 is 4.79 Å². The predicted octanol–water partition coefficient (Wildman–Crippen LogP) is 1.41. The van der Waals surface area contributed by atoms with Gasteiger partial charge in [0, 0.05) is 13.1 Å². The monoisotopic (exact) mass is 165 g/mol. The van der Waals surface area contributed by atoms with Crippen LogP contribution in [0.3, 0.4) is 0 Å². The van der Waals surface area contributed by atoms with Gasteiger partial charge in [-0.3, -0.25) is 4.79 Å². The Morgan fingerprint density at radius 1 is 1.33 bits per heavy atom. The number of likely N-dealkylation sites (tertiary alicyclic amines) is 1. The molecule has 1 saturated heterocycles. The van der Waals surface area contributed by atoms with E-state index < -0.39 is 0 Å². The van der Waals surface area contributed by atoms with Crippen molar-refractivity contribution in [2.24, 2.45) is 0 Å². The van der Waals surface area contributed by atoms with Gasteiger partial charge in [-0.2, -0.15) is 0 Å². The fourth-order valence-corrected chi connectivity index (χ4v) is 1.42. The molecular weight excluding hydrogens is 150 g/mol. The lowest BCUT2D eigenvalue weighted by Gasteiger charge is -2.25. The van der Waals surface area contributed by atoms with Gasteiger partial charge in [-0.05, 0) is 26.2 Å². The second-order valence-electron chi connectivity index (χ2n) is 3.05. The second kappa shape index (κ2) is 4.82. The highest BCUT2D eigenvalue weighted by Crippen LogP contribution is 2.09. The summed E-state index contributed by atoms with van der Waals surface area (Å²) < 4.78 is 0. The summed E-state index contributed by atoms with van der Waals surface area (Å²) in [5.41, 5.74) is 0. The molecule has 0 aromatic rings. The molecule has 1 aliphatic heterocycles. The van der Waals surface area contributed by atoms with E-state index in [0.29, 0.717) is 6.42 Å². The number of carbonyl (C=O) groups excluding carboxylic acids is 1. The normalized spacial score (nSPS) is 16.6. The standard InChI is InChI=1S/C10H15NO/c1-2-3-7-10(12)11-8-5-4-6-9-11/h4-9H2,1H3. The Morgan fingerprint density at radius 2 is 2.00 bits per heavy atom. The van der Waals surface area contributed by atoms with Gasteiger partial charge in [-0.25, -0.2) is 0 Å². The van der Waals surface area contributed by atoms with Crippen LogP contribution in [0.5, 0.6) is 0 Å². The average molecular weight is 165 g/mol. The van der Waals surface area contributed by atoms with Crippen molar-refractivity contribution in [3.05, 3.63) is 0 Å². The minimum Gasteiger partial charge on any atom is -0.342 e. The molecule has 1 aliphatic rings. The Bertz CT molecular complexity index is 206. The summed E-state index contributed by atoms with van der Waals surface area (Å²) in [5, 5.41) is 0. The first-order valence-electron chi connectivity index (χ1n) is 4.52. The van der Waals surface area contributed by atoms with Crippen LogP contribution in [0.2, 0.25) is 0 Å². The van der Waals surface area contributed by atoms with Crippen LogP contribution in [0.15, 0.2) is 0 Å². The van der Waals surface area contributed by atoms with Gasteiger partial charge in [0.05, 0.1) is 6.42 Å². The van der Waals surface area contributed by atoms with Gasteiger partial charge in [-0.15, -0.1) is 5.92 Å². The van der Waals surface area contributed by atoms with E-state index in [1.807, 2.05) is 4.90 Å². The largest absolute Gasteiger partial charge is 0.342 e. The van der Waals surface area contributed by atoms with Crippen LogP contribution in [0.4, 0.5) is 0 Å². The molecule has 0 aliphatic carbocycles. The van der Waals surface area contributed by atoms with Crippen LogP contribution in [-0.2, 0) is 4.79 Å². The van der Waals surface area contributed by atoms with Gasteiger partial charge < -0.3 is 4.90 Å². The van der Waals surface area contributed by atoms with E-state index in [1.54, 1.807) is 6.92 Å². The maximum absolute atomic E-state index is 11.4. The SMILES string of the molecule is CC#CCC(=O)N1CCCCC1. The molecule has 0 aromatic carbocycles. The van der Waals surface area contributed by atoms with Crippen LogP contribution in [0, 0.1) is 11.8 Å². The van der Waals surface area contributed by atoms with Crippen LogP contribution < -0.4 is 0 Å². The van der Waals surface area contributed by atoms with Crippen molar-refractivity contribution in [3.8, 4) is 11.8 Å². The Kier molecular flexibility index (Phi) is 3.66. The fourth-order valence-electron chi connectivity index (χ4n) is 1.42. The summed E-state index contributed by atoms with van der Waals surface area (Å²) in [4.78, 5) is 13.3. The molecule has 1 heterocycles. The van der Waals surface area contributed by atoms with Gasteiger partial charge in [0.1, 0.15) is 0 Å². The number of hydrogen-bond acceptors (Lipinski definition) is 1. The highest BCUT2D eigenvalue weighted by Gasteiger charge is 2.14. The number of carbonyl (C=O) groups is 1. The molecule has 0 unspecified atom stereocenters. The second-order valence-corrected chi connectivity index (χ2v) is 3.05. The summed E-state index contributed by atoms with van der Waals surface area (Å²) in [6.45, 7) is 3.64. The minimum absolute atomic E-state index is 0.198. The topological polar surface area (TPSA) is 20.3 Å². The molecule has 12 heavy (non-hydrogen) atoms. The van der Waals surface area contributed by atoms with E-state index >= 15 is 0 Å². The maximum Gasteiger partial charge on any atom is 0.234 e. The van der Waals surface area contributed by atoms with E-state index in [-0.39, 0.29) is 5.91 Å². The quantitative estimate of drug-likeness (QED) is 0.538. The average Bonchev–Trinajstić information content (AvgIpc) is 2.15. The van der Waals surface area contributed by atoms with Crippen molar-refractivity contribution in [1.29, 1.82) is 0 Å². The maximum atomic E-state index is 11.4. The third-order valence-electron chi connectivity index (χ3n) is 2.13. The zero-order valence-electron chi connectivity index (χ0n) is 7.60. The Labute approximate surface area is 73.9 Å². The summed E-state index contributed by atoms with van der Waals surface area (Å²) >= 11 is 0. The smallest absolute Gasteiger partial charge is 0.234 e. The first-order chi connectivity index (χ1) is 5.84. The number of nitrogens with zero attached hydrogens (tertiary/aromatic N) is 1. The van der Waals surface area contributed by atoms with Gasteiger partial charge in [-0.1, -0.05) is 5.92 Å². The van der Waals surface area contributed by atoms with Crippen LogP contribution >= 0.6 is 0 Å². The third-order valence-corrected chi connectivity index (χ3v) is 2.13. The first-order valence-corrected chi connectivity index (χ1v) is 4.52. The molecule has 1 rings (SSSR count). The Balaban J connectivity index is 2.33. The lowest BCUT2D eigenvalue weighted by Crippen LogP contribution is -2.35. The molecule has 0 N–H and O–H groups in total. The molecule has 0 atom stereocenters. The highest BCUT2D eigenvalue weighted by molar-refractivity contribution is 5.78. The lowest BCUT2D eigenvalue weighted by atomic mass is 10.1. The lowest BCUT2D eigenvalue weighted by molar-refractivity contribution is -0.130. The molecule has 2 nitrogen and oxygen atoms in total. The van der Waals surface area contributed by atoms with E-state index in [0.717, 1.165) is 25.9 Å². The van der Waals surface area contributed by atoms with Crippen LogP contribution in [0.25, 0.3) is 0 Å². The van der Waals surface area contributed by atoms with E-state index in [2.05, 4.69) is 11.8 Å². The zero-order valence-corrected chi connectivity index (χ0v) is 7.60. The first kappa shape index (κ1) is 9.12. The summed E-state index contributed by atoms with van der Waals surface area (Å²) in [5.74, 6) is 5.74. The predicted molar refractivity (Wildman–Crippen MR) is 48.5 cm³/mol. The van der Waals surface area contributed by atoms with Gasteiger partial charge in [0.2, 0.25) is 5.91 Å². The third kappa shape index (κ3) is 2.58. The van der Waals surface area contributed by atoms with Gasteiger partial charge >= 0.3 is 0 Å². The van der Waals surface area contributed by atoms with E-state index in [9.17, 15) is 4.79 Å². The molecule has 0 spiro atoms. The van der Waals surface area contributed by atoms with E-state index in [1.165, 1.54) is 6.42 Å². The van der Waals surface area contributed by atoms with Crippen molar-refractivity contribution >= 4 is 5.91 Å². The van der Waals surface area contributed by atoms with Crippen LogP contribution in [0.1, 0.15) is 32.6 Å². The number of hydrogen-bond donors (Lipinski definition) is 0. The highest BCUT2D eigenvalue weighted by atomic mass is 16.2. The molecule has 1 fully saturated rings. The molecule has 0 saturated carbocycles. The molecule has 1 amide bonds. The van der Waals surface area contributed by atoms with Crippen molar-refractivity contribution in [1.82, 2.24) is 4.90 Å². The molecule has 66 valence electrons. The van der Waals surface area contributed by atoms with E-state index in [4.69, 9.17) is 0 Å². The Morgan fingerprint density at radius 3 is 2.58 bits per heavy atom. The van der Waals surface area contributed by atoms with Gasteiger partial charge in [0.25, 0.3) is 0 Å². The van der Waals surface area contributed by atoms with Gasteiger partial charge in [0.15, 0.2) is 0 Å². The Hall–Kier alpha value is -0.970. The summed E-state index contributed by atoms with van der Waals surface area (Å²) in [6, 6.07) is 0. The molecule has 2 heteroatoms. The molecule has 0 bridgehead atoms. The summed E-state index contributed by atoms with van der Waals surface area (Å²) in [6.07, 6.45) is 3.98. The number of piperidine rings is 1.